The maximum absolute atomic E-state index is 10.7. The lowest BCUT2D eigenvalue weighted by atomic mass is 9.92. The Balaban J connectivity index is 2.07. The van der Waals surface area contributed by atoms with Gasteiger partial charge in [0.2, 0.25) is 0 Å². The van der Waals surface area contributed by atoms with E-state index < -0.39 is 0 Å². The number of hydrogen-bond donors (Lipinski definition) is 2. The number of fused-ring (bicyclic) bond motifs is 1. The average Bonchev–Trinajstić information content (AvgIpc) is 2.72. The third-order valence-corrected chi connectivity index (χ3v) is 4.64. The summed E-state index contributed by atoms with van der Waals surface area (Å²) in [5.74, 6) is 0.299. The van der Waals surface area contributed by atoms with Crippen molar-refractivity contribution >= 4 is 10.8 Å². The topological polar surface area (TPSA) is 32.3 Å². The molecule has 0 amide bonds. The lowest BCUT2D eigenvalue weighted by molar-refractivity contribution is 0.461. The third kappa shape index (κ3) is 4.36. The van der Waals surface area contributed by atoms with E-state index in [2.05, 4.69) is 36.2 Å². The summed E-state index contributed by atoms with van der Waals surface area (Å²) in [6.45, 7) is 6.55. The fourth-order valence-electron chi connectivity index (χ4n) is 3.26. The van der Waals surface area contributed by atoms with Crippen LogP contribution in [-0.2, 0) is 0 Å². The molecule has 0 aromatic heterocycles. The lowest BCUT2D eigenvalue weighted by Gasteiger charge is -2.23. The number of phenolic OH excluding ortho intramolecular Hbond substituents is 1. The van der Waals surface area contributed by atoms with E-state index in [1.54, 1.807) is 6.07 Å². The number of phenols is 1. The molecule has 136 valence electrons. The molecule has 0 aliphatic rings. The van der Waals surface area contributed by atoms with Gasteiger partial charge in [0.1, 0.15) is 5.75 Å². The van der Waals surface area contributed by atoms with Crippen molar-refractivity contribution in [3.8, 4) is 5.75 Å². The second-order valence-electron chi connectivity index (χ2n) is 6.42. The Morgan fingerprint density at radius 2 is 1.78 bits per heavy atom. The van der Waals surface area contributed by atoms with E-state index >= 15 is 0 Å². The van der Waals surface area contributed by atoms with Crippen LogP contribution in [0.3, 0.4) is 0 Å². The number of rotatable bonds is 7. The molecule has 0 aliphatic carbocycles. The highest BCUT2D eigenvalue weighted by atomic mass is 16.3. The van der Waals surface area contributed by atoms with Crippen LogP contribution in [0, 0.1) is 0 Å². The monoisotopic (exact) mass is 355 g/mol. The molecular formula is C25H25NO. The van der Waals surface area contributed by atoms with Gasteiger partial charge in [0.15, 0.2) is 0 Å². The normalized spacial score (nSPS) is 13.1. The molecule has 3 aromatic rings. The Morgan fingerprint density at radius 3 is 2.52 bits per heavy atom. The molecule has 0 aliphatic heterocycles. The van der Waals surface area contributed by atoms with Crippen molar-refractivity contribution in [3.63, 3.8) is 0 Å². The zero-order valence-electron chi connectivity index (χ0n) is 15.6. The van der Waals surface area contributed by atoms with E-state index in [9.17, 15) is 5.11 Å². The molecule has 0 fully saturated rings. The predicted octanol–water partition coefficient (Wildman–Crippen LogP) is 5.91. The van der Waals surface area contributed by atoms with Crippen LogP contribution in [0.25, 0.3) is 10.8 Å². The van der Waals surface area contributed by atoms with Gasteiger partial charge in [-0.25, -0.2) is 0 Å². The minimum absolute atomic E-state index is 0.133. The summed E-state index contributed by atoms with van der Waals surface area (Å²) in [6.07, 6.45) is 7.91. The van der Waals surface area contributed by atoms with Gasteiger partial charge in [-0.3, -0.25) is 0 Å². The highest BCUT2D eigenvalue weighted by Crippen LogP contribution is 2.35. The zero-order chi connectivity index (χ0) is 19.1. The van der Waals surface area contributed by atoms with Gasteiger partial charge < -0.3 is 10.4 Å². The average molecular weight is 355 g/mol. The van der Waals surface area contributed by atoms with Gasteiger partial charge in [0.25, 0.3) is 0 Å². The first-order chi connectivity index (χ1) is 13.2. The molecule has 3 rings (SSSR count). The Bertz CT molecular complexity index is 970. The molecule has 0 bridgehead atoms. The summed E-state index contributed by atoms with van der Waals surface area (Å²) in [4.78, 5) is 0. The van der Waals surface area contributed by atoms with E-state index in [0.717, 1.165) is 27.5 Å². The Labute approximate surface area is 161 Å². The molecule has 0 saturated heterocycles. The molecule has 0 heterocycles. The molecule has 27 heavy (non-hydrogen) atoms. The number of benzene rings is 3. The minimum Gasteiger partial charge on any atom is -0.508 e. The molecule has 3 aromatic carbocycles. The van der Waals surface area contributed by atoms with Crippen LogP contribution < -0.4 is 5.32 Å². The van der Waals surface area contributed by atoms with Gasteiger partial charge in [-0.1, -0.05) is 91.5 Å². The van der Waals surface area contributed by atoms with Gasteiger partial charge in [-0.05, 0) is 34.9 Å². The highest BCUT2D eigenvalue weighted by Gasteiger charge is 2.20. The van der Waals surface area contributed by atoms with Crippen LogP contribution >= 0.6 is 0 Å². The Kier molecular flexibility index (Phi) is 6.24. The van der Waals surface area contributed by atoms with E-state index in [1.165, 1.54) is 0 Å². The molecule has 0 radical (unpaired) electrons. The quantitative estimate of drug-likeness (QED) is 0.516. The Hall–Kier alpha value is -3.10. The highest BCUT2D eigenvalue weighted by molar-refractivity contribution is 5.88. The summed E-state index contributed by atoms with van der Waals surface area (Å²) in [6, 6.07) is 22.0. The minimum atomic E-state index is -0.133. The van der Waals surface area contributed by atoms with Crippen LogP contribution in [-0.4, -0.2) is 11.7 Å². The largest absolute Gasteiger partial charge is 0.508 e. The van der Waals surface area contributed by atoms with Crippen molar-refractivity contribution in [2.24, 2.45) is 0 Å². The van der Waals surface area contributed by atoms with Crippen LogP contribution in [0.15, 0.2) is 103 Å². The molecule has 2 nitrogen and oxygen atoms in total. The first-order valence-corrected chi connectivity index (χ1v) is 9.18. The summed E-state index contributed by atoms with van der Waals surface area (Å²) in [5.41, 5.74) is 3.10. The molecule has 0 saturated carbocycles. The third-order valence-electron chi connectivity index (χ3n) is 4.64. The van der Waals surface area contributed by atoms with Crippen LogP contribution in [0.4, 0.5) is 0 Å². The van der Waals surface area contributed by atoms with Gasteiger partial charge >= 0.3 is 0 Å². The summed E-state index contributed by atoms with van der Waals surface area (Å²) in [5, 5.41) is 16.5. The van der Waals surface area contributed by atoms with Gasteiger partial charge in [-0.15, -0.1) is 0 Å². The van der Waals surface area contributed by atoms with Crippen molar-refractivity contribution in [1.29, 1.82) is 0 Å². The molecular weight excluding hydrogens is 330 g/mol. The van der Waals surface area contributed by atoms with Gasteiger partial charge in [0, 0.05) is 12.1 Å². The predicted molar refractivity (Wildman–Crippen MR) is 115 cm³/mol. The van der Waals surface area contributed by atoms with Crippen LogP contribution in [0.1, 0.15) is 24.1 Å². The number of hydrogen-bond acceptors (Lipinski definition) is 2. The Morgan fingerprint density at radius 1 is 1.04 bits per heavy atom. The summed E-state index contributed by atoms with van der Waals surface area (Å²) >= 11 is 0. The maximum Gasteiger partial charge on any atom is 0.121 e. The van der Waals surface area contributed by atoms with E-state index in [4.69, 9.17) is 0 Å². The maximum atomic E-state index is 10.7. The number of nitrogens with one attached hydrogen (secondary N) is 1. The fraction of sp³-hybridized carbons (Fsp3) is 0.120. The van der Waals surface area contributed by atoms with Gasteiger partial charge in [0.05, 0.1) is 6.04 Å². The molecule has 2 N–H and O–H groups in total. The van der Waals surface area contributed by atoms with Crippen molar-refractivity contribution in [2.75, 3.05) is 6.54 Å². The van der Waals surface area contributed by atoms with E-state index in [-0.39, 0.29) is 6.04 Å². The van der Waals surface area contributed by atoms with Crippen molar-refractivity contribution in [3.05, 3.63) is 114 Å². The molecule has 0 spiro atoms. The smallest absolute Gasteiger partial charge is 0.121 e. The lowest BCUT2D eigenvalue weighted by Crippen LogP contribution is -2.24. The van der Waals surface area contributed by atoms with Crippen LogP contribution in [0.5, 0.6) is 5.75 Å². The standard InChI is InChI=1S/C25H25NO/c1-3-5-11-19(4-2)18-26-25(21-13-7-6-8-14-21)24-22-15-10-9-12-20(22)16-17-23(24)27/h3-17,25-27H,2,18H2,1H3/b5-3-,19-11+. The van der Waals surface area contributed by atoms with E-state index in [1.807, 2.05) is 67.6 Å². The molecule has 1 atom stereocenters. The first-order valence-electron chi connectivity index (χ1n) is 9.18. The molecule has 1 unspecified atom stereocenters. The zero-order valence-corrected chi connectivity index (χ0v) is 15.6. The van der Waals surface area contributed by atoms with E-state index in [0.29, 0.717) is 12.3 Å². The number of aromatic hydroxyl groups is 1. The first kappa shape index (κ1) is 18.7. The second kappa shape index (κ2) is 9.02. The fourth-order valence-corrected chi connectivity index (χ4v) is 3.26. The SMILES string of the molecule is C=C/C(=C\C=C/C)CNC(c1ccccc1)c1c(O)ccc2ccccc12. The number of allylic oxidation sites excluding steroid dienone is 3. The van der Waals surface area contributed by atoms with Crippen LogP contribution in [0.2, 0.25) is 0 Å². The molecule has 2 heteroatoms. The van der Waals surface area contributed by atoms with Gasteiger partial charge in [-0.2, -0.15) is 0 Å². The second-order valence-corrected chi connectivity index (χ2v) is 6.42. The van der Waals surface area contributed by atoms with Crippen molar-refractivity contribution in [2.45, 2.75) is 13.0 Å². The summed E-state index contributed by atoms with van der Waals surface area (Å²) < 4.78 is 0. The summed E-state index contributed by atoms with van der Waals surface area (Å²) in [7, 11) is 0. The van der Waals surface area contributed by atoms with Crippen molar-refractivity contribution in [1.82, 2.24) is 5.32 Å². The van der Waals surface area contributed by atoms with Crippen molar-refractivity contribution < 1.29 is 5.11 Å².